The third-order valence-corrected chi connectivity index (χ3v) is 15.5. The van der Waals surface area contributed by atoms with Crippen LogP contribution in [0, 0.1) is 11.3 Å². The van der Waals surface area contributed by atoms with E-state index < -0.39 is 46.8 Å². The number of sulfonamides is 1. The first-order valence-corrected chi connectivity index (χ1v) is 24.7. The molecule has 0 unspecified atom stereocenters. The Labute approximate surface area is 381 Å². The molecule has 0 saturated carbocycles. The van der Waals surface area contributed by atoms with E-state index in [1.54, 1.807) is 30.5 Å². The number of fused-ring (bicyclic) bond motifs is 1. The first-order valence-electron chi connectivity index (χ1n) is 21.4. The van der Waals surface area contributed by atoms with Crippen LogP contribution in [-0.2, 0) is 24.6 Å². The summed E-state index contributed by atoms with van der Waals surface area (Å²) in [7, 11) is -11.0. The van der Waals surface area contributed by atoms with Crippen LogP contribution in [0.3, 0.4) is 0 Å². The smallest absolute Gasteiger partial charge is 0.455 e. The molecule has 1 amide bonds. The van der Waals surface area contributed by atoms with E-state index in [2.05, 4.69) is 51.1 Å². The van der Waals surface area contributed by atoms with E-state index in [0.29, 0.717) is 61.6 Å². The van der Waals surface area contributed by atoms with Crippen molar-refractivity contribution in [3.05, 3.63) is 107 Å². The maximum Gasteiger partial charge on any atom is 0.501 e. The van der Waals surface area contributed by atoms with Crippen LogP contribution in [-0.4, -0.2) is 95.6 Å². The van der Waals surface area contributed by atoms with Crippen LogP contribution in [0.25, 0.3) is 16.6 Å². The van der Waals surface area contributed by atoms with Gasteiger partial charge in [0.1, 0.15) is 22.0 Å². The second-order valence-electron chi connectivity index (χ2n) is 17.5. The van der Waals surface area contributed by atoms with Gasteiger partial charge in [-0.1, -0.05) is 43.2 Å². The normalized spacial score (nSPS) is 17.9. The molecule has 3 aliphatic rings. The van der Waals surface area contributed by atoms with E-state index in [-0.39, 0.29) is 34.9 Å². The third kappa shape index (κ3) is 10.6. The standard InChI is InChI=1S/C46H50ClF3N6O7S2/c1-45(2)15-11-33(39(26-45)31-3-5-34(47)6-4-31)29-55-17-19-56(20-18-55)35-7-9-38(41(24-35)63-36-23-32-12-16-51-43(32)53-28-36)44(57)54-65(60,61)37-8-10-40(52-27-30-13-21-62-22-14-30)42(25-37)64(58,59)46(48,49)50/h3-10,12,16,23-25,28,30,52H,11,13-15,17-22,26-27,29H2,1-2H3,(H,51,53)(H,54,57). The number of halogens is 4. The summed E-state index contributed by atoms with van der Waals surface area (Å²) in [5.74, 6) is -0.922. The lowest BCUT2D eigenvalue weighted by molar-refractivity contribution is -0.0435. The fraction of sp³-hybridized carbons (Fsp3) is 0.391. The Bertz CT molecular complexity index is 2820. The van der Waals surface area contributed by atoms with Crippen LogP contribution in [0.4, 0.5) is 24.5 Å². The largest absolute Gasteiger partial charge is 0.501 e. The van der Waals surface area contributed by atoms with Crippen LogP contribution in [0.5, 0.6) is 11.5 Å². The number of anilines is 2. The molecule has 3 aromatic carbocycles. The number of aromatic amines is 1. The van der Waals surface area contributed by atoms with Crippen molar-refractivity contribution in [1.82, 2.24) is 19.6 Å². The molecule has 2 saturated heterocycles. The van der Waals surface area contributed by atoms with Gasteiger partial charge < -0.3 is 24.7 Å². The summed E-state index contributed by atoms with van der Waals surface area (Å²) in [5, 5.41) is 4.17. The highest BCUT2D eigenvalue weighted by atomic mass is 35.5. The van der Waals surface area contributed by atoms with Gasteiger partial charge in [0, 0.05) is 80.8 Å². The highest BCUT2D eigenvalue weighted by molar-refractivity contribution is 7.92. The monoisotopic (exact) mass is 954 g/mol. The number of carbonyl (C=O) groups excluding carboxylic acids is 1. The molecule has 1 aliphatic carbocycles. The Morgan fingerprint density at radius 1 is 0.969 bits per heavy atom. The minimum atomic E-state index is -6.03. The van der Waals surface area contributed by atoms with Gasteiger partial charge in [0.05, 0.1) is 22.3 Å². The first-order chi connectivity index (χ1) is 30.8. The minimum Gasteiger partial charge on any atom is -0.455 e. The lowest BCUT2D eigenvalue weighted by atomic mass is 9.72. The van der Waals surface area contributed by atoms with Crippen molar-refractivity contribution in [3.8, 4) is 11.5 Å². The zero-order valence-corrected chi connectivity index (χ0v) is 38.3. The van der Waals surface area contributed by atoms with Crippen molar-refractivity contribution in [2.75, 3.05) is 62.7 Å². The molecule has 19 heteroatoms. The Morgan fingerprint density at radius 3 is 2.43 bits per heavy atom. The van der Waals surface area contributed by atoms with Crippen molar-refractivity contribution >= 4 is 65.3 Å². The molecule has 0 spiro atoms. The van der Waals surface area contributed by atoms with E-state index in [0.717, 1.165) is 56.4 Å². The fourth-order valence-corrected chi connectivity index (χ4v) is 10.7. The van der Waals surface area contributed by atoms with Crippen LogP contribution in [0.15, 0.2) is 101 Å². The molecule has 0 radical (unpaired) electrons. The van der Waals surface area contributed by atoms with Crippen molar-refractivity contribution in [2.24, 2.45) is 11.3 Å². The molecule has 2 aromatic heterocycles. The first kappa shape index (κ1) is 46.4. The minimum absolute atomic E-state index is 0.00650. The summed E-state index contributed by atoms with van der Waals surface area (Å²) < 4.78 is 108. The van der Waals surface area contributed by atoms with Gasteiger partial charge in [-0.15, -0.1) is 0 Å². The summed E-state index contributed by atoms with van der Waals surface area (Å²) in [4.78, 5) is 23.8. The number of H-pyrrole nitrogens is 1. The molecular formula is C46H50ClF3N6O7S2. The number of nitrogens with one attached hydrogen (secondary N) is 3. The van der Waals surface area contributed by atoms with Gasteiger partial charge in [0.2, 0.25) is 0 Å². The van der Waals surface area contributed by atoms with Gasteiger partial charge in [-0.3, -0.25) is 9.69 Å². The number of hydrogen-bond donors (Lipinski definition) is 3. The molecule has 2 aliphatic heterocycles. The molecule has 8 rings (SSSR count). The molecule has 4 heterocycles. The summed E-state index contributed by atoms with van der Waals surface area (Å²) >= 11 is 6.23. The number of sulfone groups is 1. The van der Waals surface area contributed by atoms with Crippen LogP contribution in [0.1, 0.15) is 61.9 Å². The quantitative estimate of drug-likeness (QED) is 0.103. The average Bonchev–Trinajstić information content (AvgIpc) is 3.75. The van der Waals surface area contributed by atoms with Crippen LogP contribution < -0.4 is 19.7 Å². The third-order valence-electron chi connectivity index (χ3n) is 12.3. The number of aromatic nitrogens is 2. The molecule has 346 valence electrons. The van der Waals surface area contributed by atoms with Gasteiger partial charge in [-0.2, -0.15) is 13.2 Å². The average molecular weight is 956 g/mol. The van der Waals surface area contributed by atoms with E-state index in [1.165, 1.54) is 29.0 Å². The summed E-state index contributed by atoms with van der Waals surface area (Å²) in [5.41, 5.74) is -0.890. The van der Waals surface area contributed by atoms with Gasteiger partial charge in [0.15, 0.2) is 0 Å². The molecule has 0 atom stereocenters. The van der Waals surface area contributed by atoms with E-state index in [9.17, 15) is 34.8 Å². The number of nitrogens with zero attached hydrogens (tertiary/aromatic N) is 3. The predicted molar refractivity (Wildman–Crippen MR) is 244 cm³/mol. The number of amides is 1. The number of pyridine rings is 1. The number of alkyl halides is 3. The number of allylic oxidation sites excluding steroid dienone is 1. The molecular weight excluding hydrogens is 905 g/mol. The number of ether oxygens (including phenoxy) is 2. The summed E-state index contributed by atoms with van der Waals surface area (Å²) in [6.45, 7) is 9.27. The summed E-state index contributed by atoms with van der Waals surface area (Å²) in [6.07, 6.45) is 7.44. The Balaban J connectivity index is 1.03. The van der Waals surface area contributed by atoms with E-state index in [4.69, 9.17) is 21.1 Å². The lowest BCUT2D eigenvalue weighted by Crippen LogP contribution is -2.47. The molecule has 5 aromatic rings. The molecule has 0 bridgehead atoms. The Kier molecular flexibility index (Phi) is 13.3. The number of benzene rings is 3. The van der Waals surface area contributed by atoms with Crippen molar-refractivity contribution < 1.29 is 44.3 Å². The van der Waals surface area contributed by atoms with E-state index in [1.807, 2.05) is 16.9 Å². The zero-order valence-electron chi connectivity index (χ0n) is 35.9. The topological polar surface area (TPSA) is 163 Å². The fourth-order valence-electron chi connectivity index (χ4n) is 8.58. The number of hydrogen-bond acceptors (Lipinski definition) is 11. The van der Waals surface area contributed by atoms with Crippen molar-refractivity contribution in [3.63, 3.8) is 0 Å². The van der Waals surface area contributed by atoms with Gasteiger partial charge in [-0.25, -0.2) is 26.5 Å². The SMILES string of the molecule is CC1(C)CCC(CN2CCN(c3ccc(C(=O)NS(=O)(=O)c4ccc(NCC5CCOCC5)c(S(=O)(=O)C(F)(F)F)c4)c(Oc4cnc5[nH]ccc5c4)c3)CC2)=C(c2ccc(Cl)cc2)C1. The molecule has 3 N–H and O–H groups in total. The summed E-state index contributed by atoms with van der Waals surface area (Å²) in [6, 6.07) is 18.6. The zero-order chi connectivity index (χ0) is 46.1. The lowest BCUT2D eigenvalue weighted by Gasteiger charge is -2.39. The highest BCUT2D eigenvalue weighted by Gasteiger charge is 2.48. The molecule has 13 nitrogen and oxygen atoms in total. The Hall–Kier alpha value is -5.14. The van der Waals surface area contributed by atoms with E-state index >= 15 is 0 Å². The van der Waals surface area contributed by atoms with Crippen LogP contribution >= 0.6 is 11.6 Å². The maximum absolute atomic E-state index is 14.0. The van der Waals surface area contributed by atoms with Crippen molar-refractivity contribution in [1.29, 1.82) is 0 Å². The second kappa shape index (κ2) is 18.6. The van der Waals surface area contributed by atoms with Crippen molar-refractivity contribution in [2.45, 2.75) is 61.3 Å². The number of carbonyl (C=O) groups is 1. The molecule has 65 heavy (non-hydrogen) atoms. The second-order valence-corrected chi connectivity index (χ2v) is 21.6. The number of rotatable bonds is 13. The van der Waals surface area contributed by atoms with Gasteiger partial charge in [-0.05, 0) is 109 Å². The van der Waals surface area contributed by atoms with Crippen LogP contribution in [0.2, 0.25) is 5.02 Å². The number of piperazine rings is 1. The predicted octanol–water partition coefficient (Wildman–Crippen LogP) is 9.05. The van der Waals surface area contributed by atoms with Gasteiger partial charge in [0.25, 0.3) is 25.8 Å². The molecule has 2 fully saturated rings. The maximum atomic E-state index is 14.0. The van der Waals surface area contributed by atoms with Gasteiger partial charge >= 0.3 is 5.51 Å². The highest BCUT2D eigenvalue weighted by Crippen LogP contribution is 2.44. The Morgan fingerprint density at radius 2 is 1.71 bits per heavy atom.